The lowest BCUT2D eigenvalue weighted by molar-refractivity contribution is 0.873. The lowest BCUT2D eigenvalue weighted by atomic mass is 10.1. The average Bonchev–Trinajstić information content (AvgIpc) is 2.86. The van der Waals surface area contributed by atoms with Crippen LogP contribution in [0, 0.1) is 6.92 Å². The molecule has 0 amide bonds. The second kappa shape index (κ2) is 5.79. The van der Waals surface area contributed by atoms with Crippen LogP contribution >= 0.6 is 34.5 Å². The zero-order valence-electron chi connectivity index (χ0n) is 11.5. The highest BCUT2D eigenvalue weighted by atomic mass is 35.5. The molecular weight excluding hydrogens is 325 g/mol. The zero-order chi connectivity index (χ0) is 15.0. The first-order chi connectivity index (χ1) is 10.0. The van der Waals surface area contributed by atoms with E-state index in [2.05, 4.69) is 15.3 Å². The highest BCUT2D eigenvalue weighted by Crippen LogP contribution is 2.31. The molecule has 0 saturated heterocycles. The Labute approximate surface area is 137 Å². The third kappa shape index (κ3) is 2.98. The predicted molar refractivity (Wildman–Crippen MR) is 90.7 cm³/mol. The largest absolute Gasteiger partial charge is 0.362 e. The van der Waals surface area contributed by atoms with Crippen LogP contribution in [0.3, 0.4) is 0 Å². The number of hydrogen-bond acceptors (Lipinski definition) is 4. The first kappa shape index (κ1) is 14.6. The molecule has 3 nitrogen and oxygen atoms in total. The monoisotopic (exact) mass is 337 g/mol. The molecule has 6 heteroatoms. The van der Waals surface area contributed by atoms with Crippen molar-refractivity contribution in [2.75, 3.05) is 5.32 Å². The zero-order valence-corrected chi connectivity index (χ0v) is 13.9. The van der Waals surface area contributed by atoms with Gasteiger partial charge in [-0.3, -0.25) is 0 Å². The molecule has 21 heavy (non-hydrogen) atoms. The summed E-state index contributed by atoms with van der Waals surface area (Å²) in [5, 5.41) is 6.72. The van der Waals surface area contributed by atoms with E-state index in [-0.39, 0.29) is 6.04 Å². The fourth-order valence-electron chi connectivity index (χ4n) is 2.21. The van der Waals surface area contributed by atoms with Crippen LogP contribution in [0.2, 0.25) is 10.0 Å². The summed E-state index contributed by atoms with van der Waals surface area (Å²) < 4.78 is 1.05. The van der Waals surface area contributed by atoms with E-state index in [9.17, 15) is 0 Å². The van der Waals surface area contributed by atoms with E-state index in [0.717, 1.165) is 27.4 Å². The second-order valence-corrected chi connectivity index (χ2v) is 6.55. The molecule has 1 aromatic carbocycles. The molecule has 0 aliphatic heterocycles. The quantitative estimate of drug-likeness (QED) is 0.687. The number of nitrogens with one attached hydrogen (secondary N) is 1. The molecule has 0 radical (unpaired) electrons. The molecule has 3 aromatic rings. The molecule has 1 N–H and O–H groups in total. The van der Waals surface area contributed by atoms with Crippen LogP contribution in [-0.4, -0.2) is 9.97 Å². The standard InChI is InChI=1S/C15H13Cl2N3S/c1-8(11-4-3-10(16)7-12(11)17)18-15-14-13(5-6-21-14)19-9(2)20-15/h3-8H,1-2H3,(H,18,19,20). The Morgan fingerprint density at radius 3 is 2.76 bits per heavy atom. The van der Waals surface area contributed by atoms with Crippen LogP contribution in [0.1, 0.15) is 24.4 Å². The number of aromatic nitrogens is 2. The van der Waals surface area contributed by atoms with Gasteiger partial charge < -0.3 is 5.32 Å². The SMILES string of the molecule is Cc1nc(NC(C)c2ccc(Cl)cc2Cl)c2sccc2n1. The van der Waals surface area contributed by atoms with Crippen molar-refractivity contribution in [3.05, 3.63) is 51.1 Å². The minimum absolute atomic E-state index is 0.0226. The van der Waals surface area contributed by atoms with Crippen molar-refractivity contribution in [3.8, 4) is 0 Å². The Bertz CT molecular complexity index is 801. The maximum absolute atomic E-state index is 6.26. The van der Waals surface area contributed by atoms with Gasteiger partial charge in [0.25, 0.3) is 0 Å². The van der Waals surface area contributed by atoms with E-state index < -0.39 is 0 Å². The maximum atomic E-state index is 6.26. The molecule has 2 aromatic heterocycles. The second-order valence-electron chi connectivity index (χ2n) is 4.79. The molecule has 0 bridgehead atoms. The number of halogens is 2. The third-order valence-electron chi connectivity index (χ3n) is 3.20. The predicted octanol–water partition coefficient (Wildman–Crippen LogP) is 5.48. The molecule has 1 unspecified atom stereocenters. The van der Waals surface area contributed by atoms with Gasteiger partial charge in [-0.25, -0.2) is 9.97 Å². The lowest BCUT2D eigenvalue weighted by Gasteiger charge is -2.17. The van der Waals surface area contributed by atoms with Crippen molar-refractivity contribution in [2.24, 2.45) is 0 Å². The number of aryl methyl sites for hydroxylation is 1. The van der Waals surface area contributed by atoms with Gasteiger partial charge in [-0.2, -0.15) is 0 Å². The normalized spacial score (nSPS) is 12.6. The van der Waals surface area contributed by atoms with Gasteiger partial charge >= 0.3 is 0 Å². The lowest BCUT2D eigenvalue weighted by Crippen LogP contribution is -2.09. The Balaban J connectivity index is 1.96. The van der Waals surface area contributed by atoms with Crippen LogP contribution in [0.25, 0.3) is 10.2 Å². The molecule has 0 spiro atoms. The smallest absolute Gasteiger partial charge is 0.148 e. The minimum atomic E-state index is 0.0226. The number of fused-ring (bicyclic) bond motifs is 1. The van der Waals surface area contributed by atoms with E-state index in [1.165, 1.54) is 0 Å². The highest BCUT2D eigenvalue weighted by Gasteiger charge is 2.14. The fraction of sp³-hybridized carbons (Fsp3) is 0.200. The molecule has 108 valence electrons. The molecule has 1 atom stereocenters. The summed E-state index contributed by atoms with van der Waals surface area (Å²) in [5.74, 6) is 1.59. The molecular formula is C15H13Cl2N3S. The topological polar surface area (TPSA) is 37.8 Å². The van der Waals surface area contributed by atoms with E-state index in [1.807, 2.05) is 37.4 Å². The third-order valence-corrected chi connectivity index (χ3v) is 4.67. The number of hydrogen-bond donors (Lipinski definition) is 1. The number of nitrogens with zero attached hydrogens (tertiary/aromatic N) is 2. The van der Waals surface area contributed by atoms with Crippen molar-refractivity contribution in [1.29, 1.82) is 0 Å². The van der Waals surface area contributed by atoms with Crippen LogP contribution in [0.5, 0.6) is 0 Å². The minimum Gasteiger partial charge on any atom is -0.362 e. The molecule has 2 heterocycles. The average molecular weight is 338 g/mol. The summed E-state index contributed by atoms with van der Waals surface area (Å²) in [7, 11) is 0. The number of thiophene rings is 1. The number of benzene rings is 1. The van der Waals surface area contributed by atoms with E-state index >= 15 is 0 Å². The number of rotatable bonds is 3. The Morgan fingerprint density at radius 1 is 1.19 bits per heavy atom. The van der Waals surface area contributed by atoms with Crippen molar-refractivity contribution in [3.63, 3.8) is 0 Å². The Hall–Kier alpha value is -1.36. The fourth-order valence-corrected chi connectivity index (χ4v) is 3.57. The highest BCUT2D eigenvalue weighted by molar-refractivity contribution is 7.17. The van der Waals surface area contributed by atoms with Crippen LogP contribution in [-0.2, 0) is 0 Å². The van der Waals surface area contributed by atoms with E-state index in [0.29, 0.717) is 10.0 Å². The van der Waals surface area contributed by atoms with Gasteiger partial charge in [0, 0.05) is 10.0 Å². The van der Waals surface area contributed by atoms with Gasteiger partial charge in [0.05, 0.1) is 16.3 Å². The van der Waals surface area contributed by atoms with Crippen LogP contribution in [0.15, 0.2) is 29.6 Å². The van der Waals surface area contributed by atoms with Crippen molar-refractivity contribution < 1.29 is 0 Å². The molecule has 0 aliphatic carbocycles. The summed E-state index contributed by atoms with van der Waals surface area (Å²) >= 11 is 13.8. The first-order valence-electron chi connectivity index (χ1n) is 6.48. The van der Waals surface area contributed by atoms with Crippen molar-refractivity contribution in [1.82, 2.24) is 9.97 Å². The number of anilines is 1. The van der Waals surface area contributed by atoms with Crippen molar-refractivity contribution >= 4 is 50.6 Å². The van der Waals surface area contributed by atoms with E-state index in [1.54, 1.807) is 17.4 Å². The summed E-state index contributed by atoms with van der Waals surface area (Å²) in [4.78, 5) is 8.93. The van der Waals surface area contributed by atoms with Crippen LogP contribution < -0.4 is 5.32 Å². The Morgan fingerprint density at radius 2 is 2.00 bits per heavy atom. The van der Waals surface area contributed by atoms with Crippen molar-refractivity contribution in [2.45, 2.75) is 19.9 Å². The molecule has 0 fully saturated rings. The van der Waals surface area contributed by atoms with Crippen LogP contribution in [0.4, 0.5) is 5.82 Å². The first-order valence-corrected chi connectivity index (χ1v) is 8.11. The molecule has 0 aliphatic rings. The summed E-state index contributed by atoms with van der Waals surface area (Å²) in [6.07, 6.45) is 0. The Kier molecular flexibility index (Phi) is 4.02. The summed E-state index contributed by atoms with van der Waals surface area (Å²) in [5.41, 5.74) is 1.95. The van der Waals surface area contributed by atoms with Gasteiger partial charge in [-0.15, -0.1) is 11.3 Å². The van der Waals surface area contributed by atoms with E-state index in [4.69, 9.17) is 23.2 Å². The summed E-state index contributed by atoms with van der Waals surface area (Å²) in [6.45, 7) is 3.94. The van der Waals surface area contributed by atoms with Gasteiger partial charge in [-0.05, 0) is 43.0 Å². The maximum Gasteiger partial charge on any atom is 0.148 e. The van der Waals surface area contributed by atoms with Gasteiger partial charge in [-0.1, -0.05) is 29.3 Å². The van der Waals surface area contributed by atoms with Gasteiger partial charge in [0.15, 0.2) is 0 Å². The van der Waals surface area contributed by atoms with Gasteiger partial charge in [0.2, 0.25) is 0 Å². The molecule has 0 saturated carbocycles. The molecule has 3 rings (SSSR count). The van der Waals surface area contributed by atoms with Gasteiger partial charge in [0.1, 0.15) is 11.6 Å². The summed E-state index contributed by atoms with van der Waals surface area (Å²) in [6, 6.07) is 7.55.